The van der Waals surface area contributed by atoms with E-state index in [0.29, 0.717) is 0 Å². The summed E-state index contributed by atoms with van der Waals surface area (Å²) in [6.45, 7) is 25.3. The molecule has 0 radical (unpaired) electrons. The van der Waals surface area contributed by atoms with Crippen molar-refractivity contribution < 1.29 is 0 Å². The Hall–Kier alpha value is -15.3. The van der Waals surface area contributed by atoms with Crippen molar-refractivity contribution in [3.05, 3.63) is 468 Å². The fourth-order valence-electron chi connectivity index (χ4n) is 23.9. The molecule has 132 heavy (non-hydrogen) atoms. The van der Waals surface area contributed by atoms with Gasteiger partial charge in [0.2, 0.25) is 0 Å². The van der Waals surface area contributed by atoms with Gasteiger partial charge in [0.15, 0.2) is 0 Å². The molecule has 0 spiro atoms. The van der Waals surface area contributed by atoms with E-state index in [1.54, 1.807) is 0 Å². The Labute approximate surface area is 773 Å². The predicted octanol–water partition coefficient (Wildman–Crippen LogP) is 36.7. The van der Waals surface area contributed by atoms with Gasteiger partial charge in [0, 0.05) is 16.2 Å². The molecule has 23 aromatic rings. The van der Waals surface area contributed by atoms with Crippen molar-refractivity contribution in [2.45, 2.75) is 92.4 Å². The van der Waals surface area contributed by atoms with E-state index in [0.717, 1.165) is 0 Å². The van der Waals surface area contributed by atoms with Crippen molar-refractivity contribution in [2.75, 3.05) is 0 Å². The Kier molecular flexibility index (Phi) is 18.6. The van der Waals surface area contributed by atoms with Crippen molar-refractivity contribution in [3.63, 3.8) is 0 Å². The van der Waals surface area contributed by atoms with Crippen LogP contribution in [0.3, 0.4) is 0 Å². The molecule has 0 N–H and O–H groups in total. The van der Waals surface area contributed by atoms with Gasteiger partial charge >= 0.3 is 0 Å². The summed E-state index contributed by atoms with van der Waals surface area (Å²) < 4.78 is 0. The van der Waals surface area contributed by atoms with Crippen molar-refractivity contribution in [2.24, 2.45) is 0 Å². The number of aryl methyl sites for hydroxylation is 5. The Morgan fingerprint density at radius 1 is 0.136 bits per heavy atom. The summed E-state index contributed by atoms with van der Waals surface area (Å²) in [5.41, 5.74) is 41.2. The SMILES string of the molecule is Cc1ccc2c(-c3c(C)ccc4ccccc34)c3ccccc3c(-c3ccc4c(c3)C(C)(C)c3ccccc3-4)c2c1.Cc1ccc2c(-c3c4ccccc4c(-c4ccccc4)c4ccccc34)c3ccccc3c(-c3ccc4c(c3)C(C)(C)c3ccccc3-4)c2c1.Cc1ccc2c(-c3ccc(C)c4ccccc34)c3ccccc3c(-c3ccc4c(c3)C(C)(C)c3ccccc3-4)c2c1. The molecule has 628 valence electrons. The third-order valence-corrected chi connectivity index (χ3v) is 30.2. The third kappa shape index (κ3) is 12.3. The summed E-state index contributed by atoms with van der Waals surface area (Å²) >= 11 is 0. The molecule has 0 saturated carbocycles. The minimum absolute atomic E-state index is 0.0375. The van der Waals surface area contributed by atoms with Gasteiger partial charge in [0.1, 0.15) is 0 Å². The highest BCUT2D eigenvalue weighted by Gasteiger charge is 2.40. The summed E-state index contributed by atoms with van der Waals surface area (Å²) in [4.78, 5) is 0. The number of hydrogen-bond acceptors (Lipinski definition) is 0. The Bertz CT molecular complexity index is 8780. The van der Waals surface area contributed by atoms with E-state index in [1.165, 1.54) is 280 Å². The van der Waals surface area contributed by atoms with Gasteiger partial charge in [-0.2, -0.15) is 0 Å². The minimum atomic E-state index is -0.0677. The summed E-state index contributed by atoms with van der Waals surface area (Å²) in [6, 6.07) is 152. The molecule has 0 aromatic heterocycles. The Morgan fingerprint density at radius 3 is 0.788 bits per heavy atom. The lowest BCUT2D eigenvalue weighted by molar-refractivity contribution is 0.660. The lowest BCUT2D eigenvalue weighted by atomic mass is 9.79. The summed E-state index contributed by atoms with van der Waals surface area (Å²) in [5.74, 6) is 0. The normalized spacial score (nSPS) is 13.4. The first-order chi connectivity index (χ1) is 64.4. The lowest BCUT2D eigenvalue weighted by Gasteiger charge is -2.24. The van der Waals surface area contributed by atoms with Gasteiger partial charge in [-0.15, -0.1) is 0 Å². The van der Waals surface area contributed by atoms with Crippen molar-refractivity contribution in [1.29, 1.82) is 0 Å². The molecule has 23 aromatic carbocycles. The number of hydrogen-bond donors (Lipinski definition) is 0. The second-order valence-corrected chi connectivity index (χ2v) is 39.0. The maximum absolute atomic E-state index is 2.48. The first-order valence-corrected chi connectivity index (χ1v) is 46.9. The maximum Gasteiger partial charge on any atom is 0.0159 e. The molecule has 0 saturated heterocycles. The van der Waals surface area contributed by atoms with Gasteiger partial charge in [-0.05, 0) is 316 Å². The molecule has 0 heteroatoms. The van der Waals surface area contributed by atoms with E-state index in [9.17, 15) is 0 Å². The van der Waals surface area contributed by atoms with E-state index >= 15 is 0 Å². The van der Waals surface area contributed by atoms with Gasteiger partial charge in [0.25, 0.3) is 0 Å². The van der Waals surface area contributed by atoms with Crippen LogP contribution in [0.1, 0.15) is 103 Å². The molecule has 3 aliphatic rings. The van der Waals surface area contributed by atoms with Crippen LogP contribution in [0, 0.1) is 34.6 Å². The van der Waals surface area contributed by atoms with Crippen LogP contribution in [-0.4, -0.2) is 0 Å². The third-order valence-electron chi connectivity index (χ3n) is 30.2. The fraction of sp³-hybridized carbons (Fsp3) is 0.106. The zero-order valence-corrected chi connectivity index (χ0v) is 76.7. The molecular formula is C132H100. The van der Waals surface area contributed by atoms with E-state index in [4.69, 9.17) is 0 Å². The van der Waals surface area contributed by atoms with E-state index in [-0.39, 0.29) is 16.2 Å². The summed E-state index contributed by atoms with van der Waals surface area (Å²) in [6.07, 6.45) is 0. The van der Waals surface area contributed by atoms with Crippen LogP contribution in [0.25, 0.3) is 219 Å². The molecule has 0 fully saturated rings. The summed E-state index contributed by atoms with van der Waals surface area (Å²) in [7, 11) is 0. The highest BCUT2D eigenvalue weighted by atomic mass is 14.4. The molecular weight excluding hydrogens is 1590 g/mol. The van der Waals surface area contributed by atoms with Crippen LogP contribution < -0.4 is 0 Å². The average Bonchev–Trinajstić information content (AvgIpc) is 0.916. The van der Waals surface area contributed by atoms with Crippen molar-refractivity contribution in [3.8, 4) is 111 Å². The van der Waals surface area contributed by atoms with E-state index in [1.807, 2.05) is 0 Å². The molecule has 0 aliphatic heterocycles. The average molecular weight is 1690 g/mol. The number of fused-ring (bicyclic) bond motifs is 19. The van der Waals surface area contributed by atoms with Crippen LogP contribution in [0.15, 0.2) is 406 Å². The van der Waals surface area contributed by atoms with Gasteiger partial charge in [-0.25, -0.2) is 0 Å². The zero-order valence-electron chi connectivity index (χ0n) is 76.7. The first kappa shape index (κ1) is 80.0. The molecule has 0 heterocycles. The quantitative estimate of drug-likeness (QED) is 0.140. The molecule has 0 amide bonds. The molecule has 26 rings (SSSR count). The number of rotatable bonds is 7. The first-order valence-electron chi connectivity index (χ1n) is 46.9. The second kappa shape index (κ2) is 30.7. The lowest BCUT2D eigenvalue weighted by Crippen LogP contribution is -2.14. The monoisotopic (exact) mass is 1680 g/mol. The predicted molar refractivity (Wildman–Crippen MR) is 569 cm³/mol. The molecule has 3 aliphatic carbocycles. The topological polar surface area (TPSA) is 0 Å². The van der Waals surface area contributed by atoms with Gasteiger partial charge in [0.05, 0.1) is 0 Å². The highest BCUT2D eigenvalue weighted by molar-refractivity contribution is 6.31. The van der Waals surface area contributed by atoms with Gasteiger partial charge in [-0.3, -0.25) is 0 Å². The second-order valence-electron chi connectivity index (χ2n) is 39.0. The molecule has 0 atom stereocenters. The molecule has 0 nitrogen and oxygen atoms in total. The molecule has 0 unspecified atom stereocenters. The number of benzene rings is 23. The van der Waals surface area contributed by atoms with Crippen LogP contribution >= 0.6 is 0 Å². The zero-order chi connectivity index (χ0) is 89.3. The minimum Gasteiger partial charge on any atom is -0.0622 e. The van der Waals surface area contributed by atoms with E-state index in [2.05, 4.69) is 483 Å². The van der Waals surface area contributed by atoms with Gasteiger partial charge in [-0.1, -0.05) is 446 Å². The Balaban J connectivity index is 0.000000110. The van der Waals surface area contributed by atoms with E-state index < -0.39 is 0 Å². The standard InChI is InChI=1S/C50H36.2C41H32/c1-31-25-27-42-43(29-31)47(33-26-28-35-34-17-13-14-24-44(34)50(2,3)45(35)30-33)38-20-9-12-23-41(38)49(42)48-39-21-10-7-18-36(39)46(32-15-5-4-6-16-32)37-19-8-11-22-40(37)48;1-25-17-20-35-36(23-25)39(27-19-22-31-30-13-9-10-16-37(30)41(3,4)38(31)24-27)32-14-7-8-15-33(32)40(35)34-21-18-26(2)28-11-5-6-12-29(28)34;1-25-17-21-34-35(23-25)39(28-20-22-31-30-13-9-10-16-36(30)41(3,4)37(31)24-28)32-14-7-8-15-33(32)40(34)38-26(2)18-19-27-11-5-6-12-29(27)38/h4-30H,1-3H3;2*5-24H,1-4H3. The largest absolute Gasteiger partial charge is 0.0622 e. The Morgan fingerprint density at radius 2 is 0.402 bits per heavy atom. The van der Waals surface area contributed by atoms with Crippen molar-refractivity contribution >= 4 is 108 Å². The summed E-state index contributed by atoms with van der Waals surface area (Å²) in [5, 5.41) is 26.0. The maximum atomic E-state index is 2.48. The van der Waals surface area contributed by atoms with Gasteiger partial charge < -0.3 is 0 Å². The molecule has 0 bridgehead atoms. The fourth-order valence-corrected chi connectivity index (χ4v) is 23.9. The van der Waals surface area contributed by atoms with Crippen LogP contribution in [0.2, 0.25) is 0 Å². The van der Waals surface area contributed by atoms with Crippen LogP contribution in [0.4, 0.5) is 0 Å². The van der Waals surface area contributed by atoms with Crippen molar-refractivity contribution in [1.82, 2.24) is 0 Å². The van der Waals surface area contributed by atoms with Crippen LogP contribution in [0.5, 0.6) is 0 Å². The van der Waals surface area contributed by atoms with Crippen LogP contribution in [-0.2, 0) is 16.2 Å². The smallest absolute Gasteiger partial charge is 0.0159 e. The highest BCUT2D eigenvalue weighted by Crippen LogP contribution is 2.58.